The van der Waals surface area contributed by atoms with Crippen LogP contribution in [0.2, 0.25) is 0 Å². The first-order valence-electron chi connectivity index (χ1n) is 6.51. The molecule has 0 fully saturated rings. The molecule has 0 unspecified atom stereocenters. The lowest BCUT2D eigenvalue weighted by Crippen LogP contribution is -2.51. The fraction of sp³-hybridized carbons (Fsp3) is 0.500. The molecule has 0 aliphatic heterocycles. The van der Waals surface area contributed by atoms with Crippen LogP contribution in [0.1, 0.15) is 19.4 Å². The molecule has 0 radical (unpaired) electrons. The van der Waals surface area contributed by atoms with E-state index in [0.717, 1.165) is 4.90 Å². The van der Waals surface area contributed by atoms with Crippen LogP contribution in [0.5, 0.6) is 5.75 Å². The number of halogens is 3. The molecule has 1 rings (SSSR count). The van der Waals surface area contributed by atoms with E-state index in [-0.39, 0.29) is 12.2 Å². The van der Waals surface area contributed by atoms with Crippen LogP contribution in [0.25, 0.3) is 0 Å². The Morgan fingerprint density at radius 1 is 1.29 bits per heavy atom. The van der Waals surface area contributed by atoms with Gasteiger partial charge in [0, 0.05) is 6.04 Å². The molecule has 0 saturated carbocycles. The van der Waals surface area contributed by atoms with Gasteiger partial charge in [-0.25, -0.2) is 0 Å². The predicted octanol–water partition coefficient (Wildman–Crippen LogP) is 2.06. The third kappa shape index (κ3) is 5.63. The molecule has 0 aliphatic carbocycles. The number of nitrogens with two attached hydrogens (primary N) is 1. The van der Waals surface area contributed by atoms with Crippen LogP contribution in [0, 0.1) is 0 Å². The lowest BCUT2D eigenvalue weighted by Gasteiger charge is -2.30. The summed E-state index contributed by atoms with van der Waals surface area (Å²) in [5.41, 5.74) is 6.39. The summed E-state index contributed by atoms with van der Waals surface area (Å²) in [7, 11) is 0. The maximum Gasteiger partial charge on any atom is 0.406 e. The Balaban J connectivity index is 2.76. The van der Waals surface area contributed by atoms with Crippen molar-refractivity contribution < 1.29 is 23.1 Å². The molecular weight excluding hydrogens is 285 g/mol. The largest absolute Gasteiger partial charge is 0.508 e. The van der Waals surface area contributed by atoms with Crippen molar-refractivity contribution in [1.29, 1.82) is 0 Å². The van der Waals surface area contributed by atoms with Gasteiger partial charge in [0.15, 0.2) is 0 Å². The molecule has 4 nitrogen and oxygen atoms in total. The first-order valence-corrected chi connectivity index (χ1v) is 6.51. The van der Waals surface area contributed by atoms with Crippen LogP contribution in [0.3, 0.4) is 0 Å². The molecule has 3 N–H and O–H groups in total. The number of hydrogen-bond donors (Lipinski definition) is 2. The van der Waals surface area contributed by atoms with Crippen LogP contribution < -0.4 is 5.73 Å². The number of hydrogen-bond acceptors (Lipinski definition) is 3. The molecule has 0 bridgehead atoms. The van der Waals surface area contributed by atoms with Gasteiger partial charge in [0.05, 0.1) is 6.04 Å². The average molecular weight is 304 g/mol. The zero-order valence-electron chi connectivity index (χ0n) is 11.9. The van der Waals surface area contributed by atoms with Gasteiger partial charge in [-0.15, -0.1) is 0 Å². The standard InChI is InChI=1S/C14H19F3N2O2/c1-9(2)19(8-14(15,16)17)13(21)12(18)7-10-3-5-11(20)6-4-10/h3-6,9,12,20H,7-8,18H2,1-2H3/t12-/m0/s1. The number of benzene rings is 1. The van der Waals surface area contributed by atoms with Crippen molar-refractivity contribution in [1.82, 2.24) is 4.90 Å². The summed E-state index contributed by atoms with van der Waals surface area (Å²) in [6.45, 7) is 1.71. The van der Waals surface area contributed by atoms with Crippen molar-refractivity contribution >= 4 is 5.91 Å². The highest BCUT2D eigenvalue weighted by Gasteiger charge is 2.35. The normalized spacial score (nSPS) is 13.3. The van der Waals surface area contributed by atoms with Gasteiger partial charge >= 0.3 is 6.18 Å². The Morgan fingerprint density at radius 3 is 2.24 bits per heavy atom. The van der Waals surface area contributed by atoms with Crippen molar-refractivity contribution in [3.8, 4) is 5.75 Å². The van der Waals surface area contributed by atoms with E-state index in [1.807, 2.05) is 0 Å². The van der Waals surface area contributed by atoms with Gasteiger partial charge in [0.1, 0.15) is 12.3 Å². The fourth-order valence-corrected chi connectivity index (χ4v) is 1.89. The van der Waals surface area contributed by atoms with E-state index in [9.17, 15) is 18.0 Å². The Labute approximate surface area is 121 Å². The smallest absolute Gasteiger partial charge is 0.406 e. The van der Waals surface area contributed by atoms with Gasteiger partial charge in [-0.3, -0.25) is 4.79 Å². The van der Waals surface area contributed by atoms with Crippen molar-refractivity contribution in [3.05, 3.63) is 29.8 Å². The Kier molecular flexibility index (Phi) is 5.60. The van der Waals surface area contributed by atoms with Gasteiger partial charge in [-0.2, -0.15) is 13.2 Å². The summed E-state index contributed by atoms with van der Waals surface area (Å²) >= 11 is 0. The summed E-state index contributed by atoms with van der Waals surface area (Å²) < 4.78 is 37.5. The zero-order chi connectivity index (χ0) is 16.2. The van der Waals surface area contributed by atoms with Gasteiger partial charge in [-0.05, 0) is 38.0 Å². The molecule has 21 heavy (non-hydrogen) atoms. The summed E-state index contributed by atoms with van der Waals surface area (Å²) in [5, 5.41) is 9.16. The number of nitrogens with zero attached hydrogens (tertiary/aromatic N) is 1. The quantitative estimate of drug-likeness (QED) is 0.875. The summed E-state index contributed by atoms with van der Waals surface area (Å²) in [6.07, 6.45) is -4.35. The second-order valence-electron chi connectivity index (χ2n) is 5.15. The minimum absolute atomic E-state index is 0.0690. The molecule has 0 heterocycles. The number of phenolic OH excluding ortho intramolecular Hbond substituents is 1. The third-order valence-electron chi connectivity index (χ3n) is 2.97. The van der Waals surface area contributed by atoms with Crippen molar-refractivity contribution in [2.45, 2.75) is 38.5 Å². The molecule has 1 amide bonds. The molecule has 7 heteroatoms. The van der Waals surface area contributed by atoms with Crippen LogP contribution in [-0.2, 0) is 11.2 Å². The van der Waals surface area contributed by atoms with E-state index in [4.69, 9.17) is 10.8 Å². The summed E-state index contributed by atoms with van der Waals surface area (Å²) in [4.78, 5) is 12.8. The van der Waals surface area contributed by atoms with E-state index in [1.54, 1.807) is 12.1 Å². The van der Waals surface area contributed by atoms with Gasteiger partial charge < -0.3 is 15.7 Å². The van der Waals surface area contributed by atoms with Crippen LogP contribution in [0.4, 0.5) is 13.2 Å². The van der Waals surface area contributed by atoms with E-state index in [2.05, 4.69) is 0 Å². The number of rotatable bonds is 5. The first kappa shape index (κ1) is 17.3. The third-order valence-corrected chi connectivity index (χ3v) is 2.97. The monoisotopic (exact) mass is 304 g/mol. The molecule has 0 saturated heterocycles. The van der Waals surface area contributed by atoms with E-state index in [1.165, 1.54) is 26.0 Å². The number of aromatic hydroxyl groups is 1. The van der Waals surface area contributed by atoms with E-state index in [0.29, 0.717) is 5.56 Å². The number of phenols is 1. The summed E-state index contributed by atoms with van der Waals surface area (Å²) in [6, 6.07) is 4.37. The second-order valence-corrected chi connectivity index (χ2v) is 5.15. The average Bonchev–Trinajstić information content (AvgIpc) is 2.36. The Morgan fingerprint density at radius 2 is 1.81 bits per heavy atom. The van der Waals surface area contributed by atoms with Gasteiger partial charge in [0.2, 0.25) is 5.91 Å². The molecule has 1 aromatic carbocycles. The number of carbonyl (C=O) groups excluding carboxylic acids is 1. The Bertz CT molecular complexity index is 472. The number of carbonyl (C=O) groups is 1. The molecule has 118 valence electrons. The maximum absolute atomic E-state index is 12.5. The van der Waals surface area contributed by atoms with Crippen molar-refractivity contribution in [2.75, 3.05) is 6.54 Å². The minimum atomic E-state index is -4.46. The molecule has 1 atom stereocenters. The molecule has 1 aromatic rings. The molecule has 0 aromatic heterocycles. The first-order chi connectivity index (χ1) is 9.60. The highest BCUT2D eigenvalue weighted by molar-refractivity contribution is 5.82. The fourth-order valence-electron chi connectivity index (χ4n) is 1.89. The van der Waals surface area contributed by atoms with Crippen molar-refractivity contribution in [2.24, 2.45) is 5.73 Å². The maximum atomic E-state index is 12.5. The Hall–Kier alpha value is -1.76. The number of alkyl halides is 3. The van der Waals surface area contributed by atoms with Crippen LogP contribution >= 0.6 is 0 Å². The van der Waals surface area contributed by atoms with Crippen molar-refractivity contribution in [3.63, 3.8) is 0 Å². The van der Waals surface area contributed by atoms with E-state index < -0.39 is 30.7 Å². The van der Waals surface area contributed by atoms with Crippen LogP contribution in [-0.4, -0.2) is 40.7 Å². The lowest BCUT2D eigenvalue weighted by atomic mass is 10.0. The predicted molar refractivity (Wildman–Crippen MR) is 72.7 cm³/mol. The summed E-state index contributed by atoms with van der Waals surface area (Å²) in [5.74, 6) is -0.671. The molecule has 0 spiro atoms. The highest BCUT2D eigenvalue weighted by Crippen LogP contribution is 2.19. The van der Waals surface area contributed by atoms with Gasteiger partial charge in [0.25, 0.3) is 0 Å². The lowest BCUT2D eigenvalue weighted by molar-refractivity contribution is -0.165. The van der Waals surface area contributed by atoms with Crippen LogP contribution in [0.15, 0.2) is 24.3 Å². The minimum Gasteiger partial charge on any atom is -0.508 e. The highest BCUT2D eigenvalue weighted by atomic mass is 19.4. The van der Waals surface area contributed by atoms with E-state index >= 15 is 0 Å². The SMILES string of the molecule is CC(C)N(CC(F)(F)F)C(=O)[C@@H](N)Cc1ccc(O)cc1. The number of amides is 1. The zero-order valence-corrected chi connectivity index (χ0v) is 11.9. The molecular formula is C14H19F3N2O2. The molecule has 0 aliphatic rings. The second kappa shape index (κ2) is 6.80. The topological polar surface area (TPSA) is 66.6 Å². The van der Waals surface area contributed by atoms with Gasteiger partial charge in [-0.1, -0.05) is 12.1 Å².